The number of ketones is 1. The molecule has 168 valence electrons. The Bertz CT molecular complexity index is 1290. The number of anilines is 1. The highest BCUT2D eigenvalue weighted by Gasteiger charge is 2.26. The maximum absolute atomic E-state index is 13.3. The highest BCUT2D eigenvalue weighted by atomic mass is 16.2. The van der Waals surface area contributed by atoms with Crippen molar-refractivity contribution in [1.82, 2.24) is 20.1 Å². The van der Waals surface area contributed by atoms with Crippen molar-refractivity contribution in [2.75, 3.05) is 31.1 Å². The third kappa shape index (κ3) is 4.41. The Kier molecular flexibility index (Phi) is 6.07. The first-order valence-electron chi connectivity index (χ1n) is 11.2. The molecule has 1 aliphatic heterocycles. The van der Waals surface area contributed by atoms with Crippen LogP contribution < -0.4 is 4.90 Å². The van der Waals surface area contributed by atoms with E-state index in [9.17, 15) is 9.59 Å². The summed E-state index contributed by atoms with van der Waals surface area (Å²) in [6.45, 7) is 2.36. The fourth-order valence-electron chi connectivity index (χ4n) is 4.08. The first-order valence-corrected chi connectivity index (χ1v) is 11.2. The van der Waals surface area contributed by atoms with E-state index in [0.29, 0.717) is 42.9 Å². The van der Waals surface area contributed by atoms with Crippen LogP contribution in [0.5, 0.6) is 0 Å². The van der Waals surface area contributed by atoms with Gasteiger partial charge in [0.15, 0.2) is 11.6 Å². The zero-order valence-corrected chi connectivity index (χ0v) is 18.5. The van der Waals surface area contributed by atoms with Gasteiger partial charge >= 0.3 is 0 Å². The Morgan fingerprint density at radius 2 is 1.44 bits per heavy atom. The molecule has 7 nitrogen and oxygen atoms in total. The second-order valence-corrected chi connectivity index (χ2v) is 8.04. The van der Waals surface area contributed by atoms with Crippen LogP contribution in [0.1, 0.15) is 26.3 Å². The average molecular weight is 450 g/mol. The molecular formula is C27H23N5O2. The summed E-state index contributed by atoms with van der Waals surface area (Å²) >= 11 is 0. The van der Waals surface area contributed by atoms with Gasteiger partial charge in [0, 0.05) is 55.3 Å². The maximum Gasteiger partial charge on any atom is 0.254 e. The molecule has 5 rings (SSSR count). The molecule has 0 spiro atoms. The highest BCUT2D eigenvalue weighted by molar-refractivity contribution is 6.15. The lowest BCUT2D eigenvalue weighted by Crippen LogP contribution is -2.49. The molecule has 34 heavy (non-hydrogen) atoms. The van der Waals surface area contributed by atoms with Gasteiger partial charge in [-0.05, 0) is 30.3 Å². The summed E-state index contributed by atoms with van der Waals surface area (Å²) in [4.78, 5) is 34.4. The molecule has 3 heterocycles. The Balaban J connectivity index is 1.27. The predicted molar refractivity (Wildman–Crippen MR) is 130 cm³/mol. The Labute approximate surface area is 197 Å². The third-order valence-corrected chi connectivity index (χ3v) is 5.94. The van der Waals surface area contributed by atoms with Crippen LogP contribution in [-0.2, 0) is 0 Å². The molecule has 1 amide bonds. The van der Waals surface area contributed by atoms with Crippen LogP contribution in [-0.4, -0.2) is 58.0 Å². The summed E-state index contributed by atoms with van der Waals surface area (Å²) in [7, 11) is 0. The van der Waals surface area contributed by atoms with Gasteiger partial charge in [-0.1, -0.05) is 48.5 Å². The minimum atomic E-state index is -0.146. The topological polar surface area (TPSA) is 79.3 Å². The number of rotatable bonds is 5. The summed E-state index contributed by atoms with van der Waals surface area (Å²) in [6, 6.07) is 23.8. The normalized spacial score (nSPS) is 13.5. The molecule has 0 aliphatic carbocycles. The molecule has 4 aromatic rings. The van der Waals surface area contributed by atoms with Gasteiger partial charge in [0.1, 0.15) is 0 Å². The van der Waals surface area contributed by atoms with E-state index >= 15 is 0 Å². The number of hydrogen-bond donors (Lipinski definition) is 0. The van der Waals surface area contributed by atoms with Crippen LogP contribution in [0, 0.1) is 0 Å². The van der Waals surface area contributed by atoms with E-state index < -0.39 is 0 Å². The minimum Gasteiger partial charge on any atom is -0.352 e. The summed E-state index contributed by atoms with van der Waals surface area (Å²) in [5.41, 5.74) is 3.12. The first-order chi connectivity index (χ1) is 16.7. The fraction of sp³-hybridized carbons (Fsp3) is 0.148. The van der Waals surface area contributed by atoms with Gasteiger partial charge in [0.05, 0.1) is 11.3 Å². The van der Waals surface area contributed by atoms with Gasteiger partial charge in [-0.25, -0.2) is 0 Å². The number of amides is 1. The molecule has 1 fully saturated rings. The molecule has 0 unspecified atom stereocenters. The first kappa shape index (κ1) is 21.5. The van der Waals surface area contributed by atoms with Gasteiger partial charge in [0.25, 0.3) is 5.91 Å². The zero-order chi connectivity index (χ0) is 23.3. The largest absolute Gasteiger partial charge is 0.352 e. The second kappa shape index (κ2) is 9.62. The Morgan fingerprint density at radius 3 is 2.12 bits per heavy atom. The maximum atomic E-state index is 13.3. The van der Waals surface area contributed by atoms with E-state index in [1.807, 2.05) is 42.5 Å². The van der Waals surface area contributed by atoms with Crippen LogP contribution in [0.15, 0.2) is 91.3 Å². The van der Waals surface area contributed by atoms with E-state index in [1.165, 1.54) is 0 Å². The van der Waals surface area contributed by atoms with Gasteiger partial charge < -0.3 is 9.80 Å². The SMILES string of the molecule is O=C(c1ccccc1)c1ccccc1C(=O)N1CCN(c2ccc(-c3cccnc3)nn2)CC1. The summed E-state index contributed by atoms with van der Waals surface area (Å²) in [5, 5.41) is 8.71. The lowest BCUT2D eigenvalue weighted by Gasteiger charge is -2.35. The lowest BCUT2D eigenvalue weighted by molar-refractivity contribution is 0.0742. The van der Waals surface area contributed by atoms with Crippen molar-refractivity contribution in [2.24, 2.45) is 0 Å². The molecule has 0 saturated carbocycles. The van der Waals surface area contributed by atoms with Crippen molar-refractivity contribution >= 4 is 17.5 Å². The average Bonchev–Trinajstić information content (AvgIpc) is 2.93. The van der Waals surface area contributed by atoms with Crippen molar-refractivity contribution in [1.29, 1.82) is 0 Å². The van der Waals surface area contributed by atoms with Gasteiger partial charge in [-0.15, -0.1) is 10.2 Å². The van der Waals surface area contributed by atoms with Crippen LogP contribution >= 0.6 is 0 Å². The summed E-state index contributed by atoms with van der Waals surface area (Å²) in [5.74, 6) is 0.504. The van der Waals surface area contributed by atoms with E-state index in [0.717, 1.165) is 17.1 Å². The number of carbonyl (C=O) groups is 2. The van der Waals surface area contributed by atoms with Crippen LogP contribution in [0.4, 0.5) is 5.82 Å². The molecule has 1 aliphatic rings. The number of hydrogen-bond acceptors (Lipinski definition) is 6. The molecule has 0 atom stereocenters. The van der Waals surface area contributed by atoms with Crippen molar-refractivity contribution in [3.63, 3.8) is 0 Å². The van der Waals surface area contributed by atoms with Crippen molar-refractivity contribution in [3.05, 3.63) is 108 Å². The number of aromatic nitrogens is 3. The summed E-state index contributed by atoms with van der Waals surface area (Å²) in [6.07, 6.45) is 3.48. The minimum absolute atomic E-state index is 0.127. The Morgan fingerprint density at radius 1 is 0.706 bits per heavy atom. The van der Waals surface area contributed by atoms with Crippen LogP contribution in [0.2, 0.25) is 0 Å². The third-order valence-electron chi connectivity index (χ3n) is 5.94. The molecule has 7 heteroatoms. The smallest absolute Gasteiger partial charge is 0.254 e. The fourth-order valence-corrected chi connectivity index (χ4v) is 4.08. The molecule has 2 aromatic heterocycles. The van der Waals surface area contributed by atoms with Gasteiger partial charge in [-0.3, -0.25) is 14.6 Å². The van der Waals surface area contributed by atoms with E-state index in [2.05, 4.69) is 20.1 Å². The predicted octanol–water partition coefficient (Wildman–Crippen LogP) is 3.73. The quantitative estimate of drug-likeness (QED) is 0.432. The van der Waals surface area contributed by atoms with Crippen LogP contribution in [0.25, 0.3) is 11.3 Å². The van der Waals surface area contributed by atoms with Crippen molar-refractivity contribution in [2.45, 2.75) is 0 Å². The molecule has 0 radical (unpaired) electrons. The van der Waals surface area contributed by atoms with Gasteiger partial charge in [-0.2, -0.15) is 0 Å². The molecule has 1 saturated heterocycles. The molecule has 0 bridgehead atoms. The zero-order valence-electron chi connectivity index (χ0n) is 18.5. The van der Waals surface area contributed by atoms with Gasteiger partial charge in [0.2, 0.25) is 0 Å². The molecule has 2 aromatic carbocycles. The highest BCUT2D eigenvalue weighted by Crippen LogP contribution is 2.21. The van der Waals surface area contributed by atoms with E-state index in [1.54, 1.807) is 53.7 Å². The number of pyridine rings is 1. The summed E-state index contributed by atoms with van der Waals surface area (Å²) < 4.78 is 0. The van der Waals surface area contributed by atoms with E-state index in [4.69, 9.17) is 0 Å². The second-order valence-electron chi connectivity index (χ2n) is 8.04. The number of piperazine rings is 1. The number of benzene rings is 2. The Hall–Kier alpha value is -4.39. The van der Waals surface area contributed by atoms with Crippen LogP contribution in [0.3, 0.4) is 0 Å². The molecular weight excluding hydrogens is 426 g/mol. The van der Waals surface area contributed by atoms with E-state index in [-0.39, 0.29) is 11.7 Å². The monoisotopic (exact) mass is 449 g/mol. The van der Waals surface area contributed by atoms with Crippen molar-refractivity contribution < 1.29 is 9.59 Å². The number of carbonyl (C=O) groups excluding carboxylic acids is 2. The van der Waals surface area contributed by atoms with Crippen molar-refractivity contribution in [3.8, 4) is 11.3 Å². The standard InChI is InChI=1S/C27H23N5O2/c33-26(20-7-2-1-3-8-20)22-10-4-5-11-23(22)27(34)32-17-15-31(16-18-32)25-13-12-24(29-30-25)21-9-6-14-28-19-21/h1-14,19H,15-18H2. The molecule has 0 N–H and O–H groups in total. The number of nitrogens with zero attached hydrogens (tertiary/aromatic N) is 5. The lowest BCUT2D eigenvalue weighted by atomic mass is 9.97.